The van der Waals surface area contributed by atoms with E-state index in [9.17, 15) is 0 Å². The molecule has 0 atom stereocenters. The fourth-order valence-corrected chi connectivity index (χ4v) is 4.66. The van der Waals surface area contributed by atoms with Gasteiger partial charge in [0, 0.05) is 17.5 Å². The lowest BCUT2D eigenvalue weighted by Gasteiger charge is -2.18. The predicted molar refractivity (Wildman–Crippen MR) is 129 cm³/mol. The van der Waals surface area contributed by atoms with Crippen LogP contribution in [0.15, 0.2) is 66.3 Å². The van der Waals surface area contributed by atoms with Crippen LogP contribution >= 0.6 is 11.3 Å². The molecule has 5 heteroatoms. The molecule has 4 rings (SSSR count). The largest absolute Gasteiger partial charge is 0.369 e. The summed E-state index contributed by atoms with van der Waals surface area (Å²) < 4.78 is 0. The van der Waals surface area contributed by atoms with Gasteiger partial charge in [-0.25, -0.2) is 9.97 Å². The number of nitrogens with zero attached hydrogens (tertiary/aromatic N) is 3. The third-order valence-corrected chi connectivity index (χ3v) is 6.40. The first-order valence-electron chi connectivity index (χ1n) is 10.6. The van der Waals surface area contributed by atoms with E-state index in [1.54, 1.807) is 17.7 Å². The standard InChI is InChI=1S/C25H28N4S/c1-3-29(4-2)16-8-15-26-24-23-22(17-30-25(23)28-18-27-24)21-13-11-20(12-14-21)19-9-6-5-7-10-19/h5-7,9-14,17-18H,3-4,8,15-16H2,1-2H3,(H,26,27,28). The zero-order chi connectivity index (χ0) is 20.8. The zero-order valence-electron chi connectivity index (χ0n) is 17.6. The quantitative estimate of drug-likeness (QED) is 0.331. The molecule has 4 nitrogen and oxygen atoms in total. The minimum atomic E-state index is 0.908. The fraction of sp³-hybridized carbons (Fsp3) is 0.280. The van der Waals surface area contributed by atoms with Gasteiger partial charge in [-0.1, -0.05) is 68.4 Å². The first-order valence-corrected chi connectivity index (χ1v) is 11.5. The van der Waals surface area contributed by atoms with Crippen LogP contribution in [0.2, 0.25) is 0 Å². The summed E-state index contributed by atoms with van der Waals surface area (Å²) in [5.41, 5.74) is 4.85. The molecular formula is C25H28N4S. The second-order valence-electron chi connectivity index (χ2n) is 7.30. The lowest BCUT2D eigenvalue weighted by Crippen LogP contribution is -2.25. The third kappa shape index (κ3) is 4.53. The van der Waals surface area contributed by atoms with Crippen LogP contribution in [0.1, 0.15) is 20.3 Å². The maximum atomic E-state index is 4.56. The lowest BCUT2D eigenvalue weighted by atomic mass is 10.0. The highest BCUT2D eigenvalue weighted by molar-refractivity contribution is 7.17. The summed E-state index contributed by atoms with van der Waals surface area (Å²) in [6, 6.07) is 19.3. The number of rotatable bonds is 9. The maximum absolute atomic E-state index is 4.56. The molecule has 4 aromatic rings. The van der Waals surface area contributed by atoms with Crippen LogP contribution in [0.5, 0.6) is 0 Å². The number of fused-ring (bicyclic) bond motifs is 1. The van der Waals surface area contributed by atoms with E-state index in [-0.39, 0.29) is 0 Å². The Kier molecular flexibility index (Phi) is 6.72. The maximum Gasteiger partial charge on any atom is 0.138 e. The van der Waals surface area contributed by atoms with Gasteiger partial charge in [-0.15, -0.1) is 11.3 Å². The monoisotopic (exact) mass is 416 g/mol. The summed E-state index contributed by atoms with van der Waals surface area (Å²) in [4.78, 5) is 12.5. The highest BCUT2D eigenvalue weighted by Gasteiger charge is 2.13. The number of thiophene rings is 1. The van der Waals surface area contributed by atoms with Gasteiger partial charge in [0.25, 0.3) is 0 Å². The Morgan fingerprint density at radius 3 is 2.30 bits per heavy atom. The molecule has 0 saturated carbocycles. The Morgan fingerprint density at radius 1 is 0.867 bits per heavy atom. The summed E-state index contributed by atoms with van der Waals surface area (Å²) in [6.45, 7) is 8.64. The van der Waals surface area contributed by atoms with Crippen molar-refractivity contribution >= 4 is 27.4 Å². The van der Waals surface area contributed by atoms with E-state index in [0.29, 0.717) is 0 Å². The Labute approximate surface area is 182 Å². The van der Waals surface area contributed by atoms with Crippen LogP contribution in [0.3, 0.4) is 0 Å². The summed E-state index contributed by atoms with van der Waals surface area (Å²) in [5.74, 6) is 0.933. The molecule has 0 amide bonds. The van der Waals surface area contributed by atoms with Crippen LogP contribution in [-0.2, 0) is 0 Å². The second kappa shape index (κ2) is 9.83. The molecular weight excluding hydrogens is 388 g/mol. The van der Waals surface area contributed by atoms with Crippen molar-refractivity contribution in [1.29, 1.82) is 0 Å². The van der Waals surface area contributed by atoms with E-state index in [1.807, 2.05) is 6.07 Å². The van der Waals surface area contributed by atoms with E-state index in [0.717, 1.165) is 48.6 Å². The normalized spacial score (nSPS) is 11.3. The zero-order valence-corrected chi connectivity index (χ0v) is 18.5. The minimum absolute atomic E-state index is 0.908. The predicted octanol–water partition coefficient (Wildman–Crippen LogP) is 6.17. The molecule has 2 heterocycles. The Balaban J connectivity index is 1.55. The van der Waals surface area contributed by atoms with Crippen molar-refractivity contribution in [3.63, 3.8) is 0 Å². The van der Waals surface area contributed by atoms with Crippen molar-refractivity contribution in [2.24, 2.45) is 0 Å². The van der Waals surface area contributed by atoms with Crippen LogP contribution in [-0.4, -0.2) is 41.0 Å². The molecule has 154 valence electrons. The van der Waals surface area contributed by atoms with Crippen molar-refractivity contribution in [3.05, 3.63) is 66.3 Å². The fourth-order valence-electron chi connectivity index (χ4n) is 3.74. The molecule has 0 fully saturated rings. The average Bonchev–Trinajstić information content (AvgIpc) is 3.25. The highest BCUT2D eigenvalue weighted by Crippen LogP contribution is 2.37. The second-order valence-corrected chi connectivity index (χ2v) is 8.16. The van der Waals surface area contributed by atoms with E-state index in [4.69, 9.17) is 0 Å². The van der Waals surface area contributed by atoms with Crippen molar-refractivity contribution < 1.29 is 0 Å². The van der Waals surface area contributed by atoms with E-state index in [1.165, 1.54) is 22.3 Å². The lowest BCUT2D eigenvalue weighted by molar-refractivity contribution is 0.303. The molecule has 2 aromatic carbocycles. The Morgan fingerprint density at radius 2 is 1.57 bits per heavy atom. The van der Waals surface area contributed by atoms with Crippen LogP contribution < -0.4 is 5.32 Å². The van der Waals surface area contributed by atoms with Gasteiger partial charge in [0.05, 0.1) is 5.39 Å². The number of hydrogen-bond acceptors (Lipinski definition) is 5. The van der Waals surface area contributed by atoms with Gasteiger partial charge in [0.1, 0.15) is 17.0 Å². The summed E-state index contributed by atoms with van der Waals surface area (Å²) in [5, 5.41) is 6.87. The van der Waals surface area contributed by atoms with Gasteiger partial charge in [-0.05, 0) is 42.7 Å². The van der Waals surface area contributed by atoms with Gasteiger partial charge >= 0.3 is 0 Å². The number of anilines is 1. The molecule has 0 aliphatic rings. The number of hydrogen-bond donors (Lipinski definition) is 1. The van der Waals surface area contributed by atoms with E-state index < -0.39 is 0 Å². The molecule has 0 saturated heterocycles. The van der Waals surface area contributed by atoms with Crippen molar-refractivity contribution in [3.8, 4) is 22.3 Å². The third-order valence-electron chi connectivity index (χ3n) is 5.51. The average molecular weight is 417 g/mol. The smallest absolute Gasteiger partial charge is 0.138 e. The molecule has 30 heavy (non-hydrogen) atoms. The van der Waals surface area contributed by atoms with E-state index in [2.05, 4.69) is 87.9 Å². The first kappa shape index (κ1) is 20.5. The van der Waals surface area contributed by atoms with Crippen molar-refractivity contribution in [2.45, 2.75) is 20.3 Å². The van der Waals surface area contributed by atoms with Gasteiger partial charge in [0.2, 0.25) is 0 Å². The van der Waals surface area contributed by atoms with Gasteiger partial charge in [0.15, 0.2) is 0 Å². The van der Waals surface area contributed by atoms with Gasteiger partial charge in [-0.3, -0.25) is 0 Å². The van der Waals surface area contributed by atoms with E-state index >= 15 is 0 Å². The molecule has 0 aliphatic heterocycles. The number of aromatic nitrogens is 2. The van der Waals surface area contributed by atoms with Crippen LogP contribution in [0, 0.1) is 0 Å². The van der Waals surface area contributed by atoms with Crippen molar-refractivity contribution in [2.75, 3.05) is 31.5 Å². The Bertz CT molecular complexity index is 1070. The van der Waals surface area contributed by atoms with Gasteiger partial charge < -0.3 is 10.2 Å². The number of benzene rings is 2. The minimum Gasteiger partial charge on any atom is -0.369 e. The molecule has 0 aliphatic carbocycles. The molecule has 2 aromatic heterocycles. The summed E-state index contributed by atoms with van der Waals surface area (Å²) in [6.07, 6.45) is 2.76. The Hall–Kier alpha value is -2.76. The molecule has 0 spiro atoms. The van der Waals surface area contributed by atoms with Crippen molar-refractivity contribution in [1.82, 2.24) is 14.9 Å². The topological polar surface area (TPSA) is 41.0 Å². The van der Waals surface area contributed by atoms with Crippen LogP contribution in [0.25, 0.3) is 32.5 Å². The molecule has 1 N–H and O–H groups in total. The molecule has 0 radical (unpaired) electrons. The summed E-state index contributed by atoms with van der Waals surface area (Å²) >= 11 is 1.68. The number of nitrogens with one attached hydrogen (secondary N) is 1. The highest BCUT2D eigenvalue weighted by atomic mass is 32.1. The SMILES string of the molecule is CCN(CC)CCCNc1ncnc2scc(-c3ccc(-c4ccccc4)cc3)c12. The molecule has 0 bridgehead atoms. The first-order chi connectivity index (χ1) is 14.8. The molecule has 0 unspecified atom stereocenters. The van der Waals surface area contributed by atoms with Crippen LogP contribution in [0.4, 0.5) is 5.82 Å². The summed E-state index contributed by atoms with van der Waals surface area (Å²) in [7, 11) is 0. The van der Waals surface area contributed by atoms with Gasteiger partial charge in [-0.2, -0.15) is 0 Å².